The largest absolute Gasteiger partial charge is 0.279 e. The van der Waals surface area contributed by atoms with Gasteiger partial charge in [0.1, 0.15) is 0 Å². The molecule has 2 heterocycles. The summed E-state index contributed by atoms with van der Waals surface area (Å²) in [5.74, 6) is 0. The Balaban J connectivity index is 1.90. The Hall–Kier alpha value is -1.38. The molecule has 0 atom stereocenters. The summed E-state index contributed by atoms with van der Waals surface area (Å²) in [6.07, 6.45) is 2.15. The highest BCUT2D eigenvalue weighted by Crippen LogP contribution is 2.26. The molecular formula is C14H10ClNS. The van der Waals surface area contributed by atoms with Crippen molar-refractivity contribution in [2.24, 2.45) is 4.99 Å². The number of nitrogens with zero attached hydrogens (tertiary/aromatic N) is 1. The second-order valence-electron chi connectivity index (χ2n) is 3.87. The molecule has 0 saturated carbocycles. The topological polar surface area (TPSA) is 12.4 Å². The van der Waals surface area contributed by atoms with Gasteiger partial charge in [0.2, 0.25) is 0 Å². The summed E-state index contributed by atoms with van der Waals surface area (Å²) in [6.45, 7) is 0.759. The van der Waals surface area contributed by atoms with Crippen molar-refractivity contribution in [1.29, 1.82) is 0 Å². The van der Waals surface area contributed by atoms with E-state index in [0.29, 0.717) is 0 Å². The minimum atomic E-state index is 0.759. The Morgan fingerprint density at radius 1 is 1.18 bits per heavy atom. The van der Waals surface area contributed by atoms with Crippen LogP contribution in [0.15, 0.2) is 52.8 Å². The van der Waals surface area contributed by atoms with Crippen molar-refractivity contribution in [3.63, 3.8) is 0 Å². The molecule has 0 radical (unpaired) electrons. The van der Waals surface area contributed by atoms with Crippen molar-refractivity contribution >= 4 is 34.2 Å². The lowest BCUT2D eigenvalue weighted by Crippen LogP contribution is -1.88. The highest BCUT2D eigenvalue weighted by Gasteiger charge is 2.12. The number of benzene rings is 1. The molecule has 3 heteroatoms. The van der Waals surface area contributed by atoms with Gasteiger partial charge in [-0.3, -0.25) is 4.99 Å². The highest BCUT2D eigenvalue weighted by molar-refractivity contribution is 7.12. The normalized spacial score (nSPS) is 14.6. The second kappa shape index (κ2) is 4.47. The summed E-state index contributed by atoms with van der Waals surface area (Å²) in [5.41, 5.74) is 3.56. The molecule has 0 spiro atoms. The van der Waals surface area contributed by atoms with Crippen molar-refractivity contribution < 1.29 is 0 Å². The van der Waals surface area contributed by atoms with Crippen molar-refractivity contribution in [3.05, 3.63) is 63.3 Å². The maximum Gasteiger partial charge on any atom is 0.0754 e. The van der Waals surface area contributed by atoms with Crippen LogP contribution in [0.25, 0.3) is 5.57 Å². The Bertz CT molecular complexity index is 596. The molecule has 1 nitrogen and oxygen atoms in total. The molecule has 1 aliphatic rings. The number of halogens is 1. The van der Waals surface area contributed by atoms with E-state index < -0.39 is 0 Å². The van der Waals surface area contributed by atoms with Crippen LogP contribution in [-0.2, 0) is 0 Å². The molecule has 0 bridgehead atoms. The number of aliphatic imine (C=N–C) groups is 1. The molecule has 1 aromatic heterocycles. The molecule has 17 heavy (non-hydrogen) atoms. The average molecular weight is 260 g/mol. The maximum atomic E-state index is 5.93. The zero-order chi connectivity index (χ0) is 11.7. The van der Waals surface area contributed by atoms with Crippen LogP contribution in [0, 0.1) is 0 Å². The Labute approximate surface area is 109 Å². The third-order valence-electron chi connectivity index (χ3n) is 2.70. The van der Waals surface area contributed by atoms with E-state index in [1.807, 2.05) is 17.5 Å². The lowest BCUT2D eigenvalue weighted by atomic mass is 10.1. The van der Waals surface area contributed by atoms with Gasteiger partial charge in [0.15, 0.2) is 0 Å². The summed E-state index contributed by atoms with van der Waals surface area (Å²) < 4.78 is 0. The van der Waals surface area contributed by atoms with Crippen LogP contribution in [0.2, 0.25) is 5.02 Å². The van der Waals surface area contributed by atoms with Gasteiger partial charge in [-0.1, -0.05) is 41.9 Å². The zero-order valence-electron chi connectivity index (χ0n) is 9.06. The molecule has 1 aromatic carbocycles. The molecular weight excluding hydrogens is 250 g/mol. The summed E-state index contributed by atoms with van der Waals surface area (Å²) in [7, 11) is 0. The predicted molar refractivity (Wildman–Crippen MR) is 75.2 cm³/mol. The first-order valence-electron chi connectivity index (χ1n) is 5.38. The van der Waals surface area contributed by atoms with Crippen LogP contribution in [-0.4, -0.2) is 12.3 Å². The summed E-state index contributed by atoms with van der Waals surface area (Å²) >= 11 is 7.56. The lowest BCUT2D eigenvalue weighted by molar-refractivity contribution is 1.29. The van der Waals surface area contributed by atoms with E-state index in [-0.39, 0.29) is 0 Å². The first kappa shape index (κ1) is 10.8. The van der Waals surface area contributed by atoms with Crippen molar-refractivity contribution in [2.75, 3.05) is 6.54 Å². The van der Waals surface area contributed by atoms with Gasteiger partial charge >= 0.3 is 0 Å². The van der Waals surface area contributed by atoms with Crippen molar-refractivity contribution in [2.45, 2.75) is 0 Å². The number of thiophene rings is 1. The Kier molecular flexibility index (Phi) is 2.83. The van der Waals surface area contributed by atoms with Crippen molar-refractivity contribution in [1.82, 2.24) is 0 Å². The summed E-state index contributed by atoms with van der Waals surface area (Å²) in [4.78, 5) is 5.69. The zero-order valence-corrected chi connectivity index (χ0v) is 10.6. The monoisotopic (exact) mass is 259 g/mol. The van der Waals surface area contributed by atoms with Crippen LogP contribution < -0.4 is 0 Å². The highest BCUT2D eigenvalue weighted by atomic mass is 35.5. The first-order chi connectivity index (χ1) is 8.33. The van der Waals surface area contributed by atoms with E-state index in [1.54, 1.807) is 11.3 Å². The molecule has 84 valence electrons. The summed E-state index contributed by atoms with van der Waals surface area (Å²) in [5, 5.41) is 2.72. The van der Waals surface area contributed by atoms with Gasteiger partial charge in [0, 0.05) is 5.38 Å². The number of hydrogen-bond donors (Lipinski definition) is 0. The van der Waals surface area contributed by atoms with Crippen LogP contribution in [0.3, 0.4) is 0 Å². The van der Waals surface area contributed by atoms with Gasteiger partial charge in [0.05, 0.1) is 22.2 Å². The quantitative estimate of drug-likeness (QED) is 0.763. The van der Waals surface area contributed by atoms with E-state index in [0.717, 1.165) is 22.2 Å². The molecule has 3 rings (SSSR count). The van der Waals surface area contributed by atoms with Gasteiger partial charge in [-0.2, -0.15) is 0 Å². The van der Waals surface area contributed by atoms with Crippen molar-refractivity contribution in [3.8, 4) is 0 Å². The third-order valence-corrected chi connectivity index (χ3v) is 4.00. The SMILES string of the molecule is Clc1csc(C2=NCC(c3ccccc3)=C2)c1. The van der Waals surface area contributed by atoms with E-state index in [9.17, 15) is 0 Å². The Morgan fingerprint density at radius 2 is 2.00 bits per heavy atom. The summed E-state index contributed by atoms with van der Waals surface area (Å²) in [6, 6.07) is 12.3. The van der Waals surface area contributed by atoms with Crippen LogP contribution in [0.4, 0.5) is 0 Å². The third kappa shape index (κ3) is 2.19. The van der Waals surface area contributed by atoms with Gasteiger partial charge in [0.25, 0.3) is 0 Å². The Morgan fingerprint density at radius 3 is 2.71 bits per heavy atom. The smallest absolute Gasteiger partial charge is 0.0754 e. The van der Waals surface area contributed by atoms with E-state index in [2.05, 4.69) is 35.3 Å². The number of allylic oxidation sites excluding steroid dienone is 1. The number of hydrogen-bond acceptors (Lipinski definition) is 2. The fourth-order valence-corrected chi connectivity index (χ4v) is 2.90. The van der Waals surface area contributed by atoms with Crippen LogP contribution in [0.1, 0.15) is 10.4 Å². The molecule has 0 saturated heterocycles. The van der Waals surface area contributed by atoms with Gasteiger partial charge in [-0.05, 0) is 23.3 Å². The second-order valence-corrected chi connectivity index (χ2v) is 5.21. The molecule has 0 aliphatic carbocycles. The lowest BCUT2D eigenvalue weighted by Gasteiger charge is -1.98. The first-order valence-corrected chi connectivity index (χ1v) is 6.63. The fraction of sp³-hybridized carbons (Fsp3) is 0.0714. The molecule has 0 unspecified atom stereocenters. The molecule has 2 aromatic rings. The van der Waals surface area contributed by atoms with Crippen LogP contribution in [0.5, 0.6) is 0 Å². The fourth-order valence-electron chi connectivity index (χ4n) is 1.85. The van der Waals surface area contributed by atoms with Gasteiger partial charge < -0.3 is 0 Å². The standard InChI is InChI=1S/C14H10ClNS/c15-12-7-14(17-9-12)13-6-11(8-16-13)10-4-2-1-3-5-10/h1-7,9H,8H2. The van der Waals surface area contributed by atoms with E-state index in [1.165, 1.54) is 11.1 Å². The average Bonchev–Trinajstić information content (AvgIpc) is 2.98. The molecule has 0 N–H and O–H groups in total. The minimum Gasteiger partial charge on any atom is -0.279 e. The van der Waals surface area contributed by atoms with E-state index >= 15 is 0 Å². The van der Waals surface area contributed by atoms with Crippen LogP contribution >= 0.6 is 22.9 Å². The molecule has 0 amide bonds. The molecule has 0 fully saturated rings. The maximum absolute atomic E-state index is 5.93. The minimum absolute atomic E-state index is 0.759. The predicted octanol–water partition coefficient (Wildman–Crippen LogP) is 4.29. The number of rotatable bonds is 2. The van der Waals surface area contributed by atoms with Gasteiger partial charge in [-0.25, -0.2) is 0 Å². The van der Waals surface area contributed by atoms with Gasteiger partial charge in [-0.15, -0.1) is 11.3 Å². The molecule has 1 aliphatic heterocycles. The van der Waals surface area contributed by atoms with E-state index in [4.69, 9.17) is 11.6 Å².